The van der Waals surface area contributed by atoms with Crippen LogP contribution in [0.5, 0.6) is 0 Å². The summed E-state index contributed by atoms with van der Waals surface area (Å²) in [5, 5.41) is 16.0. The van der Waals surface area contributed by atoms with Gasteiger partial charge >= 0.3 is 0 Å². The molecule has 1 fully saturated rings. The highest BCUT2D eigenvalue weighted by Crippen LogP contribution is 2.27. The molecular formula is C19H22N2O4. The van der Waals surface area contributed by atoms with Gasteiger partial charge in [-0.1, -0.05) is 25.3 Å². The molecule has 2 aromatic rings. The Morgan fingerprint density at radius 1 is 1.08 bits per heavy atom. The molecule has 1 aromatic carbocycles. The van der Waals surface area contributed by atoms with E-state index in [2.05, 4.69) is 10.6 Å². The Morgan fingerprint density at radius 3 is 2.60 bits per heavy atom. The zero-order chi connectivity index (χ0) is 17.7. The van der Waals surface area contributed by atoms with Gasteiger partial charge in [0, 0.05) is 17.8 Å². The fourth-order valence-electron chi connectivity index (χ4n) is 3.07. The van der Waals surface area contributed by atoms with Crippen molar-refractivity contribution < 1.29 is 19.1 Å². The Bertz CT molecular complexity index is 734. The Morgan fingerprint density at radius 2 is 1.88 bits per heavy atom. The van der Waals surface area contributed by atoms with Crippen molar-refractivity contribution in [2.75, 3.05) is 11.9 Å². The van der Waals surface area contributed by atoms with E-state index in [1.807, 2.05) is 0 Å². The van der Waals surface area contributed by atoms with Gasteiger partial charge in [0.05, 0.1) is 11.9 Å². The van der Waals surface area contributed by atoms with Gasteiger partial charge in [0.15, 0.2) is 5.76 Å². The quantitative estimate of drug-likeness (QED) is 0.779. The predicted molar refractivity (Wildman–Crippen MR) is 93.5 cm³/mol. The highest BCUT2D eigenvalue weighted by atomic mass is 16.3. The van der Waals surface area contributed by atoms with Crippen LogP contribution in [0.4, 0.5) is 5.69 Å². The minimum atomic E-state index is -0.807. The number of hydrogen-bond acceptors (Lipinski definition) is 4. The van der Waals surface area contributed by atoms with E-state index in [1.54, 1.807) is 36.4 Å². The second-order valence-electron chi connectivity index (χ2n) is 6.48. The van der Waals surface area contributed by atoms with Crippen molar-refractivity contribution in [3.8, 4) is 0 Å². The van der Waals surface area contributed by atoms with Crippen LogP contribution in [0.3, 0.4) is 0 Å². The van der Waals surface area contributed by atoms with E-state index in [4.69, 9.17) is 4.42 Å². The van der Waals surface area contributed by atoms with Gasteiger partial charge in [-0.05, 0) is 43.2 Å². The molecular weight excluding hydrogens is 320 g/mol. The van der Waals surface area contributed by atoms with Gasteiger partial charge < -0.3 is 20.2 Å². The minimum absolute atomic E-state index is 0.203. The summed E-state index contributed by atoms with van der Waals surface area (Å²) in [6, 6.07) is 9.86. The monoisotopic (exact) mass is 342 g/mol. The largest absolute Gasteiger partial charge is 0.459 e. The first-order valence-electron chi connectivity index (χ1n) is 8.51. The molecule has 6 heteroatoms. The number of rotatable bonds is 5. The van der Waals surface area contributed by atoms with Crippen molar-refractivity contribution in [2.45, 2.75) is 37.7 Å². The number of nitrogens with one attached hydrogen (secondary N) is 2. The van der Waals surface area contributed by atoms with Crippen molar-refractivity contribution in [3.05, 3.63) is 54.0 Å². The van der Waals surface area contributed by atoms with E-state index in [1.165, 1.54) is 6.26 Å². The Kier molecular flexibility index (Phi) is 5.19. The molecule has 6 nitrogen and oxygen atoms in total. The van der Waals surface area contributed by atoms with Crippen LogP contribution in [-0.4, -0.2) is 29.1 Å². The van der Waals surface area contributed by atoms with E-state index in [-0.39, 0.29) is 24.1 Å². The number of amides is 2. The number of carbonyl (C=O) groups is 2. The summed E-state index contributed by atoms with van der Waals surface area (Å²) in [7, 11) is 0. The van der Waals surface area contributed by atoms with Gasteiger partial charge in [-0.2, -0.15) is 0 Å². The minimum Gasteiger partial charge on any atom is -0.459 e. The van der Waals surface area contributed by atoms with Crippen LogP contribution in [0.15, 0.2) is 47.1 Å². The van der Waals surface area contributed by atoms with E-state index < -0.39 is 5.60 Å². The molecule has 0 spiro atoms. The van der Waals surface area contributed by atoms with Crippen LogP contribution in [0.25, 0.3) is 0 Å². The van der Waals surface area contributed by atoms with Crippen LogP contribution in [-0.2, 0) is 0 Å². The molecule has 3 N–H and O–H groups in total. The lowest BCUT2D eigenvalue weighted by Gasteiger charge is -2.32. The van der Waals surface area contributed by atoms with E-state index in [0.717, 1.165) is 19.3 Å². The van der Waals surface area contributed by atoms with E-state index in [9.17, 15) is 14.7 Å². The molecule has 0 unspecified atom stereocenters. The SMILES string of the molecule is O=C(NCC1(O)CCCCC1)c1cccc(NC(=O)c2ccco2)c1. The lowest BCUT2D eigenvalue weighted by atomic mass is 9.85. The molecule has 1 heterocycles. The topological polar surface area (TPSA) is 91.6 Å². The van der Waals surface area contributed by atoms with Gasteiger partial charge in [0.1, 0.15) is 0 Å². The van der Waals surface area contributed by atoms with Crippen molar-refractivity contribution in [1.29, 1.82) is 0 Å². The maximum Gasteiger partial charge on any atom is 0.291 e. The third-order valence-corrected chi connectivity index (χ3v) is 4.49. The fourth-order valence-corrected chi connectivity index (χ4v) is 3.07. The Balaban J connectivity index is 1.60. The van der Waals surface area contributed by atoms with Crippen LogP contribution in [0, 0.1) is 0 Å². The van der Waals surface area contributed by atoms with Crippen LogP contribution in [0.1, 0.15) is 53.0 Å². The van der Waals surface area contributed by atoms with Crippen molar-refractivity contribution in [1.82, 2.24) is 5.32 Å². The third-order valence-electron chi connectivity index (χ3n) is 4.49. The molecule has 0 saturated heterocycles. The summed E-state index contributed by atoms with van der Waals surface area (Å²) in [5.74, 6) is -0.443. The maximum atomic E-state index is 12.3. The molecule has 1 aliphatic rings. The normalized spacial score (nSPS) is 16.2. The summed E-state index contributed by atoms with van der Waals surface area (Å²) in [4.78, 5) is 24.3. The summed E-state index contributed by atoms with van der Waals surface area (Å²) >= 11 is 0. The number of aliphatic hydroxyl groups is 1. The molecule has 1 aromatic heterocycles. The van der Waals surface area contributed by atoms with Crippen molar-refractivity contribution in [2.24, 2.45) is 0 Å². The molecule has 132 valence electrons. The molecule has 0 bridgehead atoms. The Labute approximate surface area is 146 Å². The molecule has 1 aliphatic carbocycles. The maximum absolute atomic E-state index is 12.3. The average molecular weight is 342 g/mol. The highest BCUT2D eigenvalue weighted by molar-refractivity contribution is 6.03. The zero-order valence-electron chi connectivity index (χ0n) is 14.0. The standard InChI is InChI=1S/C19H22N2O4/c22-17(20-13-19(24)9-2-1-3-10-19)14-6-4-7-15(12-14)21-18(23)16-8-5-11-25-16/h4-8,11-12,24H,1-3,9-10,13H2,(H,20,22)(H,21,23). The number of benzene rings is 1. The van der Waals surface area contributed by atoms with Crippen molar-refractivity contribution >= 4 is 17.5 Å². The summed E-state index contributed by atoms with van der Waals surface area (Å²) in [6.45, 7) is 0.245. The first-order chi connectivity index (χ1) is 12.1. The van der Waals surface area contributed by atoms with E-state index in [0.29, 0.717) is 24.1 Å². The molecule has 25 heavy (non-hydrogen) atoms. The molecule has 0 radical (unpaired) electrons. The van der Waals surface area contributed by atoms with Crippen LogP contribution >= 0.6 is 0 Å². The van der Waals surface area contributed by atoms with Crippen molar-refractivity contribution in [3.63, 3.8) is 0 Å². The van der Waals surface area contributed by atoms with Crippen LogP contribution in [0.2, 0.25) is 0 Å². The summed E-state index contributed by atoms with van der Waals surface area (Å²) < 4.78 is 5.04. The molecule has 0 atom stereocenters. The zero-order valence-corrected chi connectivity index (χ0v) is 14.0. The first-order valence-corrected chi connectivity index (χ1v) is 8.51. The second-order valence-corrected chi connectivity index (χ2v) is 6.48. The van der Waals surface area contributed by atoms with Gasteiger partial charge in [-0.25, -0.2) is 0 Å². The smallest absolute Gasteiger partial charge is 0.291 e. The third kappa shape index (κ3) is 4.48. The Hall–Kier alpha value is -2.60. The highest BCUT2D eigenvalue weighted by Gasteiger charge is 2.29. The lowest BCUT2D eigenvalue weighted by Crippen LogP contribution is -2.44. The number of carbonyl (C=O) groups excluding carboxylic acids is 2. The number of furan rings is 1. The summed E-state index contributed by atoms with van der Waals surface area (Å²) in [5.41, 5.74) is 0.126. The van der Waals surface area contributed by atoms with Gasteiger partial charge in [0.25, 0.3) is 11.8 Å². The summed E-state index contributed by atoms with van der Waals surface area (Å²) in [6.07, 6.45) is 5.96. The van der Waals surface area contributed by atoms with Gasteiger partial charge in [0.2, 0.25) is 0 Å². The average Bonchev–Trinajstić information content (AvgIpc) is 3.15. The van der Waals surface area contributed by atoms with Crippen LogP contribution < -0.4 is 10.6 Å². The first kappa shape index (κ1) is 17.2. The molecule has 3 rings (SSSR count). The molecule has 2 amide bonds. The molecule has 1 saturated carbocycles. The predicted octanol–water partition coefficient (Wildman–Crippen LogP) is 2.96. The van der Waals surface area contributed by atoms with Gasteiger partial charge in [-0.3, -0.25) is 9.59 Å². The van der Waals surface area contributed by atoms with Gasteiger partial charge in [-0.15, -0.1) is 0 Å². The second kappa shape index (κ2) is 7.53. The molecule has 0 aliphatic heterocycles. The number of anilines is 1. The number of hydrogen-bond donors (Lipinski definition) is 3. The fraction of sp³-hybridized carbons (Fsp3) is 0.368. The lowest BCUT2D eigenvalue weighted by molar-refractivity contribution is 0.00526. The van der Waals surface area contributed by atoms with E-state index >= 15 is 0 Å².